The second kappa shape index (κ2) is 8.04. The van der Waals surface area contributed by atoms with Gasteiger partial charge in [-0.2, -0.15) is 0 Å². The molecule has 3 aromatic rings. The number of rotatable bonds is 6. The largest absolute Gasteiger partial charge is 0.493 e. The van der Waals surface area contributed by atoms with Crippen LogP contribution in [-0.4, -0.2) is 29.0 Å². The highest BCUT2D eigenvalue weighted by Crippen LogP contribution is 2.51. The van der Waals surface area contributed by atoms with Crippen LogP contribution >= 0.6 is 0 Å². The molecular formula is C22H15N3O8. The zero-order chi connectivity index (χ0) is 23.9. The zero-order valence-corrected chi connectivity index (χ0v) is 17.3. The number of nitrogens with zero attached hydrogens (tertiary/aromatic N) is 3. The first-order chi connectivity index (χ1) is 15.7. The van der Waals surface area contributed by atoms with Crippen molar-refractivity contribution in [3.63, 3.8) is 0 Å². The highest BCUT2D eigenvalue weighted by molar-refractivity contribution is 6.09. The van der Waals surface area contributed by atoms with Gasteiger partial charge in [0.15, 0.2) is 11.5 Å². The average Bonchev–Trinajstić information content (AvgIpc) is 3.10. The molecule has 1 aliphatic carbocycles. The summed E-state index contributed by atoms with van der Waals surface area (Å²) in [6.07, 6.45) is 1.64. The van der Waals surface area contributed by atoms with Gasteiger partial charge in [-0.15, -0.1) is 0 Å². The molecule has 0 fully saturated rings. The molecule has 0 unspecified atom stereocenters. The van der Waals surface area contributed by atoms with Crippen molar-refractivity contribution in [1.82, 2.24) is 0 Å². The molecule has 0 aliphatic heterocycles. The highest BCUT2D eigenvalue weighted by Gasteiger charge is 2.34. The topological polar surface area (TPSA) is 148 Å². The van der Waals surface area contributed by atoms with Crippen molar-refractivity contribution in [3.8, 4) is 22.6 Å². The Labute approximate surface area is 185 Å². The Morgan fingerprint density at radius 3 is 1.97 bits per heavy atom. The predicted molar refractivity (Wildman–Crippen MR) is 118 cm³/mol. The normalized spacial score (nSPS) is 12.7. The number of nitro groups is 3. The Bertz CT molecular complexity index is 1380. The minimum Gasteiger partial charge on any atom is -0.493 e. The fraction of sp³-hybridized carbons (Fsp3) is 0.0909. The Balaban J connectivity index is 2.05. The van der Waals surface area contributed by atoms with Crippen LogP contribution in [0.5, 0.6) is 11.5 Å². The summed E-state index contributed by atoms with van der Waals surface area (Å²) in [5, 5.41) is 34.6. The van der Waals surface area contributed by atoms with Crippen LogP contribution in [0.15, 0.2) is 48.5 Å². The molecule has 4 rings (SSSR count). The first-order valence-corrected chi connectivity index (χ1v) is 9.45. The maximum absolute atomic E-state index is 11.8. The first-order valence-electron chi connectivity index (χ1n) is 9.45. The standard InChI is InChI=1S/C22H15N3O8/c1-32-20-6-3-12(8-21(20)33-2)7-16-17-9-13(23(26)27)4-5-15(17)22-18(16)10-14(24(28)29)11-19(22)25(30)31/h3-11H,1-2H3. The van der Waals surface area contributed by atoms with E-state index >= 15 is 0 Å². The van der Waals surface area contributed by atoms with Crippen molar-refractivity contribution in [2.24, 2.45) is 0 Å². The monoisotopic (exact) mass is 449 g/mol. The molecule has 0 N–H and O–H groups in total. The van der Waals surface area contributed by atoms with Gasteiger partial charge in [0.2, 0.25) is 0 Å². The number of benzene rings is 3. The number of methoxy groups -OCH3 is 2. The summed E-state index contributed by atoms with van der Waals surface area (Å²) in [5.74, 6) is 0.906. The number of fused-ring (bicyclic) bond motifs is 3. The fourth-order valence-corrected chi connectivity index (χ4v) is 3.85. The Hall–Kier alpha value is -4.80. The Kier molecular flexibility index (Phi) is 5.22. The van der Waals surface area contributed by atoms with E-state index in [-0.39, 0.29) is 16.8 Å². The van der Waals surface area contributed by atoms with Crippen LogP contribution in [0.4, 0.5) is 17.1 Å². The van der Waals surface area contributed by atoms with Gasteiger partial charge in [-0.3, -0.25) is 30.3 Å². The van der Waals surface area contributed by atoms with E-state index < -0.39 is 26.1 Å². The third-order valence-corrected chi connectivity index (χ3v) is 5.29. The molecule has 0 atom stereocenters. The smallest absolute Gasteiger partial charge is 0.284 e. The number of ether oxygens (including phenoxy) is 2. The third-order valence-electron chi connectivity index (χ3n) is 5.29. The maximum atomic E-state index is 11.8. The lowest BCUT2D eigenvalue weighted by atomic mass is 9.99. The Morgan fingerprint density at radius 2 is 1.36 bits per heavy atom. The molecule has 0 amide bonds. The third kappa shape index (κ3) is 3.61. The molecular weight excluding hydrogens is 434 g/mol. The molecule has 0 bridgehead atoms. The Morgan fingerprint density at radius 1 is 0.697 bits per heavy atom. The second-order valence-corrected chi connectivity index (χ2v) is 7.06. The average molecular weight is 449 g/mol. The van der Waals surface area contributed by atoms with Gasteiger partial charge in [0.1, 0.15) is 0 Å². The van der Waals surface area contributed by atoms with Crippen LogP contribution in [0, 0.1) is 30.3 Å². The molecule has 1 aliphatic rings. The molecule has 33 heavy (non-hydrogen) atoms. The number of nitro benzene ring substituents is 3. The van der Waals surface area contributed by atoms with Crippen LogP contribution in [0.2, 0.25) is 0 Å². The van der Waals surface area contributed by atoms with E-state index in [0.717, 1.165) is 6.07 Å². The lowest BCUT2D eigenvalue weighted by molar-refractivity contribution is -0.393. The SMILES string of the molecule is COc1ccc(C=C2c3cc([N+](=O)[O-])ccc3-c3c2cc([N+](=O)[O-])cc3[N+](=O)[O-])cc1OC. The molecule has 11 nitrogen and oxygen atoms in total. The zero-order valence-electron chi connectivity index (χ0n) is 17.3. The quantitative estimate of drug-likeness (QED) is 0.295. The predicted octanol–water partition coefficient (Wildman–Crippen LogP) is 5.00. The molecule has 0 heterocycles. The van der Waals surface area contributed by atoms with Gasteiger partial charge in [-0.25, -0.2) is 0 Å². The van der Waals surface area contributed by atoms with E-state index in [1.54, 1.807) is 24.3 Å². The first kappa shape index (κ1) is 21.4. The van der Waals surface area contributed by atoms with Crippen LogP contribution in [-0.2, 0) is 0 Å². The summed E-state index contributed by atoms with van der Waals surface area (Å²) in [4.78, 5) is 32.6. The minimum atomic E-state index is -0.716. The van der Waals surface area contributed by atoms with Crippen molar-refractivity contribution < 1.29 is 24.2 Å². The van der Waals surface area contributed by atoms with E-state index in [9.17, 15) is 30.3 Å². The number of non-ortho nitro benzene ring substituents is 2. The van der Waals surface area contributed by atoms with E-state index in [0.29, 0.717) is 33.8 Å². The van der Waals surface area contributed by atoms with Gasteiger partial charge >= 0.3 is 0 Å². The molecule has 0 spiro atoms. The van der Waals surface area contributed by atoms with Gasteiger partial charge in [0.25, 0.3) is 17.1 Å². The molecule has 0 saturated heterocycles. The summed E-state index contributed by atoms with van der Waals surface area (Å²) >= 11 is 0. The van der Waals surface area contributed by atoms with Gasteiger partial charge in [0.05, 0.1) is 40.6 Å². The fourth-order valence-electron chi connectivity index (χ4n) is 3.85. The van der Waals surface area contributed by atoms with E-state index in [1.807, 2.05) is 0 Å². The minimum absolute atomic E-state index is 0.169. The lowest BCUT2D eigenvalue weighted by Crippen LogP contribution is -1.96. The molecule has 11 heteroatoms. The lowest BCUT2D eigenvalue weighted by Gasteiger charge is -2.09. The van der Waals surface area contributed by atoms with Crippen LogP contribution in [0.25, 0.3) is 22.8 Å². The van der Waals surface area contributed by atoms with Gasteiger partial charge in [0, 0.05) is 23.8 Å². The van der Waals surface area contributed by atoms with Crippen LogP contribution in [0.1, 0.15) is 16.7 Å². The molecule has 0 radical (unpaired) electrons. The summed E-state index contributed by atoms with van der Waals surface area (Å²) in [6, 6.07) is 11.1. The molecule has 166 valence electrons. The maximum Gasteiger partial charge on any atom is 0.284 e. The molecule has 3 aromatic carbocycles. The highest BCUT2D eigenvalue weighted by atomic mass is 16.6. The summed E-state index contributed by atoms with van der Waals surface area (Å²) in [5.41, 5.74) is 0.998. The molecule has 0 saturated carbocycles. The van der Waals surface area contributed by atoms with Crippen molar-refractivity contribution in [2.45, 2.75) is 0 Å². The number of hydrogen-bond donors (Lipinski definition) is 0. The summed E-state index contributed by atoms with van der Waals surface area (Å²) in [6.45, 7) is 0. The number of hydrogen-bond acceptors (Lipinski definition) is 8. The van der Waals surface area contributed by atoms with Gasteiger partial charge < -0.3 is 9.47 Å². The van der Waals surface area contributed by atoms with Crippen molar-refractivity contribution >= 4 is 28.7 Å². The summed E-state index contributed by atoms with van der Waals surface area (Å²) in [7, 11) is 2.95. The van der Waals surface area contributed by atoms with E-state index in [2.05, 4.69) is 0 Å². The molecule has 0 aromatic heterocycles. The van der Waals surface area contributed by atoms with Crippen LogP contribution < -0.4 is 9.47 Å². The van der Waals surface area contributed by atoms with E-state index in [1.165, 1.54) is 38.5 Å². The van der Waals surface area contributed by atoms with Crippen molar-refractivity contribution in [1.29, 1.82) is 0 Å². The second-order valence-electron chi connectivity index (χ2n) is 7.06. The van der Waals surface area contributed by atoms with Crippen molar-refractivity contribution in [2.75, 3.05) is 14.2 Å². The summed E-state index contributed by atoms with van der Waals surface area (Å²) < 4.78 is 10.5. The van der Waals surface area contributed by atoms with Gasteiger partial charge in [-0.1, -0.05) is 6.07 Å². The van der Waals surface area contributed by atoms with E-state index in [4.69, 9.17) is 9.47 Å². The van der Waals surface area contributed by atoms with Gasteiger partial charge in [-0.05, 0) is 46.5 Å². The van der Waals surface area contributed by atoms with Crippen molar-refractivity contribution in [3.05, 3.63) is 95.6 Å². The van der Waals surface area contributed by atoms with Crippen LogP contribution in [0.3, 0.4) is 0 Å².